The third kappa shape index (κ3) is 5.33. The van der Waals surface area contributed by atoms with Crippen molar-refractivity contribution < 1.29 is 14.3 Å². The van der Waals surface area contributed by atoms with Gasteiger partial charge in [-0.25, -0.2) is 5.84 Å². The monoisotopic (exact) mass is 344 g/mol. The summed E-state index contributed by atoms with van der Waals surface area (Å²) in [7, 11) is 0. The number of hydrogen-bond acceptors (Lipinski definition) is 5. The number of nitrogens with zero attached hydrogens (tertiary/aromatic N) is 1. The summed E-state index contributed by atoms with van der Waals surface area (Å²) < 4.78 is 10.8. The van der Waals surface area contributed by atoms with Crippen molar-refractivity contribution in [1.82, 2.24) is 5.01 Å². The van der Waals surface area contributed by atoms with E-state index in [4.69, 9.17) is 27.5 Å². The highest BCUT2D eigenvalue weighted by Gasteiger charge is 2.16. The Morgan fingerprint density at radius 3 is 2.50 bits per heavy atom. The molecule has 2 N–H and O–H groups in total. The molecule has 5 nitrogen and oxygen atoms in total. The lowest BCUT2D eigenvalue weighted by Crippen LogP contribution is -2.42. The van der Waals surface area contributed by atoms with Crippen molar-refractivity contribution in [3.05, 3.63) is 60.2 Å². The average Bonchev–Trinajstić information content (AvgIpc) is 2.54. The van der Waals surface area contributed by atoms with Crippen molar-refractivity contribution in [2.75, 3.05) is 0 Å². The zero-order valence-electron chi connectivity index (χ0n) is 13.6. The third-order valence-corrected chi connectivity index (χ3v) is 3.77. The topological polar surface area (TPSA) is 64.8 Å². The predicted octanol–water partition coefficient (Wildman–Crippen LogP) is 3.43. The lowest BCUT2D eigenvalue weighted by atomic mass is 10.2. The summed E-state index contributed by atoms with van der Waals surface area (Å²) in [6.07, 6.45) is -0.550. The zero-order chi connectivity index (χ0) is 17.5. The first-order valence-electron chi connectivity index (χ1n) is 7.51. The Morgan fingerprint density at radius 1 is 1.17 bits per heavy atom. The summed E-state index contributed by atoms with van der Waals surface area (Å²) in [5.74, 6) is 7.07. The van der Waals surface area contributed by atoms with E-state index in [1.165, 1.54) is 11.9 Å². The molecule has 126 valence electrons. The first kappa shape index (κ1) is 17.9. The van der Waals surface area contributed by atoms with E-state index in [-0.39, 0.29) is 0 Å². The number of carbonyl (C=O) groups is 1. The lowest BCUT2D eigenvalue weighted by molar-refractivity contribution is -0.142. The first-order valence-corrected chi connectivity index (χ1v) is 7.91. The fourth-order valence-corrected chi connectivity index (χ4v) is 2.25. The highest BCUT2D eigenvalue weighted by molar-refractivity contribution is 7.80. The first-order chi connectivity index (χ1) is 11.5. The maximum absolute atomic E-state index is 11.0. The molecule has 24 heavy (non-hydrogen) atoms. The summed E-state index contributed by atoms with van der Waals surface area (Å²) in [5, 5.41) is 1.39. The highest BCUT2D eigenvalue weighted by Crippen LogP contribution is 2.22. The van der Waals surface area contributed by atoms with Gasteiger partial charge in [-0.05, 0) is 36.8 Å². The molecule has 0 saturated carbocycles. The van der Waals surface area contributed by atoms with Crippen LogP contribution in [0.1, 0.15) is 19.4 Å². The van der Waals surface area contributed by atoms with Crippen LogP contribution in [0.3, 0.4) is 0 Å². The number of benzene rings is 2. The molecule has 2 rings (SSSR count). The van der Waals surface area contributed by atoms with Crippen LogP contribution in [0, 0.1) is 0 Å². The number of ether oxygens (including phenoxy) is 2. The van der Waals surface area contributed by atoms with Crippen LogP contribution in [0.2, 0.25) is 0 Å². The van der Waals surface area contributed by atoms with Crippen molar-refractivity contribution in [2.24, 2.45) is 5.84 Å². The number of para-hydroxylation sites is 1. The number of nitrogens with two attached hydrogens (primary N) is 1. The van der Waals surface area contributed by atoms with Gasteiger partial charge in [-0.15, -0.1) is 0 Å². The van der Waals surface area contributed by atoms with Gasteiger partial charge < -0.3 is 9.47 Å². The molecule has 0 aromatic heterocycles. The fraction of sp³-hybridized carbons (Fsp3) is 0.222. The van der Waals surface area contributed by atoms with Crippen molar-refractivity contribution in [1.29, 1.82) is 0 Å². The number of rotatable bonds is 6. The van der Waals surface area contributed by atoms with Crippen molar-refractivity contribution in [2.45, 2.75) is 26.5 Å². The van der Waals surface area contributed by atoms with Crippen molar-refractivity contribution in [3.63, 3.8) is 0 Å². The predicted molar refractivity (Wildman–Crippen MR) is 96.5 cm³/mol. The van der Waals surface area contributed by atoms with E-state index in [9.17, 15) is 4.79 Å². The van der Waals surface area contributed by atoms with Crippen LogP contribution in [0.15, 0.2) is 54.6 Å². The van der Waals surface area contributed by atoms with Crippen LogP contribution < -0.4 is 10.6 Å². The zero-order valence-corrected chi connectivity index (χ0v) is 14.5. The lowest BCUT2D eigenvalue weighted by Gasteiger charge is -2.23. The van der Waals surface area contributed by atoms with Gasteiger partial charge in [-0.1, -0.05) is 42.5 Å². The summed E-state index contributed by atoms with van der Waals surface area (Å²) in [4.78, 5) is 11.4. The van der Waals surface area contributed by atoms with E-state index in [1.807, 2.05) is 54.6 Å². The number of thiocarbonyl (C=S) groups is 1. The molecule has 2 aromatic rings. The maximum atomic E-state index is 11.0. The van der Waals surface area contributed by atoms with Crippen molar-refractivity contribution in [3.8, 4) is 11.5 Å². The molecule has 0 unspecified atom stereocenters. The molecule has 0 saturated heterocycles. The van der Waals surface area contributed by atoms with Gasteiger partial charge in [0.05, 0.1) is 6.54 Å². The van der Waals surface area contributed by atoms with E-state index in [0.29, 0.717) is 17.3 Å². The Bertz CT molecular complexity index is 706. The van der Waals surface area contributed by atoms with Crippen LogP contribution in [-0.2, 0) is 16.1 Å². The van der Waals surface area contributed by atoms with E-state index in [2.05, 4.69) is 0 Å². The SMILES string of the molecule is CC(=O)O[C@@H](C)C(=S)N(N)Cc1cccc(Oc2ccccc2)c1. The largest absolute Gasteiger partial charge is 0.457 e. The molecule has 6 heteroatoms. The third-order valence-electron chi connectivity index (χ3n) is 3.20. The standard InChI is InChI=1S/C18H20N2O3S/c1-13(22-14(2)21)18(24)20(19)12-15-7-6-10-17(11-15)23-16-8-4-3-5-9-16/h3-11,13H,12,19H2,1-2H3/t13-/m0/s1. The Kier molecular flexibility index (Phi) is 6.28. The smallest absolute Gasteiger partial charge is 0.303 e. The van der Waals surface area contributed by atoms with Gasteiger partial charge in [0.2, 0.25) is 0 Å². The molecule has 0 amide bonds. The van der Waals surface area contributed by atoms with E-state index < -0.39 is 12.1 Å². The molecule has 0 aliphatic rings. The molecule has 2 aromatic carbocycles. The highest BCUT2D eigenvalue weighted by atomic mass is 32.1. The quantitative estimate of drug-likeness (QED) is 0.375. The number of esters is 1. The van der Waals surface area contributed by atoms with Gasteiger partial charge in [-0.3, -0.25) is 9.80 Å². The molecule has 0 aliphatic heterocycles. The molecule has 1 atom stereocenters. The van der Waals surface area contributed by atoms with Gasteiger partial charge >= 0.3 is 5.97 Å². The Morgan fingerprint density at radius 2 is 1.83 bits per heavy atom. The summed E-state index contributed by atoms with van der Waals surface area (Å²) in [5.41, 5.74) is 0.934. The minimum atomic E-state index is -0.550. The minimum absolute atomic E-state index is 0.361. The van der Waals surface area contributed by atoms with Gasteiger partial charge in [0, 0.05) is 6.92 Å². The van der Waals surface area contributed by atoms with E-state index in [1.54, 1.807) is 6.92 Å². The second-order valence-corrected chi connectivity index (χ2v) is 5.70. The normalized spacial score (nSPS) is 11.5. The van der Waals surface area contributed by atoms with Gasteiger partial charge in [0.25, 0.3) is 0 Å². The second-order valence-electron chi connectivity index (χ2n) is 5.28. The summed E-state index contributed by atoms with van der Waals surface area (Å²) in [6, 6.07) is 17.1. The molecule has 0 spiro atoms. The van der Waals surface area contributed by atoms with Crippen LogP contribution >= 0.6 is 12.2 Å². The summed E-state index contributed by atoms with van der Waals surface area (Å²) in [6.45, 7) is 3.42. The van der Waals surface area contributed by atoms with Crippen LogP contribution in [0.25, 0.3) is 0 Å². The van der Waals surface area contributed by atoms with Crippen LogP contribution in [0.5, 0.6) is 11.5 Å². The number of hydrogen-bond donors (Lipinski definition) is 1. The molecule has 0 bridgehead atoms. The molecular weight excluding hydrogens is 324 g/mol. The molecule has 0 fully saturated rings. The number of carbonyl (C=O) groups excluding carboxylic acids is 1. The fourth-order valence-electron chi connectivity index (χ4n) is 2.14. The Hall–Kier alpha value is -2.44. The Labute approximate surface area is 146 Å². The van der Waals surface area contributed by atoms with E-state index >= 15 is 0 Å². The molecule has 0 aliphatic carbocycles. The maximum Gasteiger partial charge on any atom is 0.303 e. The molecule has 0 heterocycles. The summed E-state index contributed by atoms with van der Waals surface area (Å²) >= 11 is 5.25. The minimum Gasteiger partial charge on any atom is -0.457 e. The van der Waals surface area contributed by atoms with Gasteiger partial charge in [0.1, 0.15) is 16.5 Å². The van der Waals surface area contributed by atoms with Crippen LogP contribution in [0.4, 0.5) is 0 Å². The van der Waals surface area contributed by atoms with E-state index in [0.717, 1.165) is 11.3 Å². The second kappa shape index (κ2) is 8.42. The van der Waals surface area contributed by atoms with Crippen LogP contribution in [-0.4, -0.2) is 22.1 Å². The molecular formula is C18H20N2O3S. The average molecular weight is 344 g/mol. The Balaban J connectivity index is 2.01. The molecule has 0 radical (unpaired) electrons. The number of hydrazine groups is 1. The van der Waals surface area contributed by atoms with Gasteiger partial charge in [0.15, 0.2) is 6.10 Å². The van der Waals surface area contributed by atoms with Crippen molar-refractivity contribution >= 4 is 23.2 Å². The van der Waals surface area contributed by atoms with Gasteiger partial charge in [-0.2, -0.15) is 0 Å².